The molecule has 0 aliphatic heterocycles. The zero-order valence-corrected chi connectivity index (χ0v) is 12.9. The van der Waals surface area contributed by atoms with Gasteiger partial charge in [0.05, 0.1) is 12.8 Å². The van der Waals surface area contributed by atoms with Gasteiger partial charge in [0, 0.05) is 18.2 Å². The number of nitrogens with one attached hydrogen (secondary N) is 2. The summed E-state index contributed by atoms with van der Waals surface area (Å²) in [4.78, 5) is 23.5. The van der Waals surface area contributed by atoms with Crippen LogP contribution in [-0.2, 0) is 16.1 Å². The van der Waals surface area contributed by atoms with Crippen molar-refractivity contribution in [1.29, 1.82) is 0 Å². The molecule has 0 saturated heterocycles. The molecule has 2 aromatic rings. The van der Waals surface area contributed by atoms with Gasteiger partial charge in [0.1, 0.15) is 23.8 Å². The molecular formula is C17H16F2N2O3. The number of halogens is 2. The molecule has 0 unspecified atom stereocenters. The molecule has 24 heavy (non-hydrogen) atoms. The van der Waals surface area contributed by atoms with E-state index in [-0.39, 0.29) is 12.2 Å². The molecule has 2 N–H and O–H groups in total. The van der Waals surface area contributed by atoms with E-state index in [4.69, 9.17) is 4.74 Å². The van der Waals surface area contributed by atoms with Crippen molar-refractivity contribution in [3.05, 3.63) is 59.7 Å². The van der Waals surface area contributed by atoms with Gasteiger partial charge in [0.2, 0.25) is 11.8 Å². The van der Waals surface area contributed by atoms with Gasteiger partial charge in [-0.2, -0.15) is 0 Å². The van der Waals surface area contributed by atoms with Crippen molar-refractivity contribution in [2.75, 3.05) is 12.4 Å². The summed E-state index contributed by atoms with van der Waals surface area (Å²) in [7, 11) is 1.52. The third-order valence-corrected chi connectivity index (χ3v) is 3.19. The number of ether oxygens (including phenoxy) is 1. The maximum absolute atomic E-state index is 13.4. The first kappa shape index (κ1) is 17.4. The Bertz CT molecular complexity index is 750. The van der Waals surface area contributed by atoms with Crippen LogP contribution in [0.25, 0.3) is 0 Å². The fourth-order valence-corrected chi connectivity index (χ4v) is 2.04. The normalized spacial score (nSPS) is 10.1. The second-order valence-electron chi connectivity index (χ2n) is 4.94. The van der Waals surface area contributed by atoms with E-state index in [2.05, 4.69) is 10.6 Å². The highest BCUT2D eigenvalue weighted by Crippen LogP contribution is 2.17. The van der Waals surface area contributed by atoms with Crippen molar-refractivity contribution in [3.63, 3.8) is 0 Å². The summed E-state index contributed by atoms with van der Waals surface area (Å²) in [5.41, 5.74) is 0.581. The number of benzene rings is 2. The summed E-state index contributed by atoms with van der Waals surface area (Å²) in [6, 6.07) is 9.90. The number of carbonyl (C=O) groups is 2. The van der Waals surface area contributed by atoms with Gasteiger partial charge in [-0.15, -0.1) is 0 Å². The van der Waals surface area contributed by atoms with E-state index in [0.29, 0.717) is 11.8 Å². The van der Waals surface area contributed by atoms with Crippen LogP contribution in [0.3, 0.4) is 0 Å². The molecule has 0 spiro atoms. The number of amides is 2. The average molecular weight is 334 g/mol. The Labute approximate surface area is 137 Å². The average Bonchev–Trinajstić information content (AvgIpc) is 2.55. The third-order valence-electron chi connectivity index (χ3n) is 3.19. The smallest absolute Gasteiger partial charge is 0.233 e. The molecule has 0 radical (unpaired) electrons. The Balaban J connectivity index is 1.86. The molecular weight excluding hydrogens is 318 g/mol. The Morgan fingerprint density at radius 1 is 1.08 bits per heavy atom. The Morgan fingerprint density at radius 2 is 1.83 bits per heavy atom. The van der Waals surface area contributed by atoms with Gasteiger partial charge < -0.3 is 15.4 Å². The van der Waals surface area contributed by atoms with Crippen molar-refractivity contribution >= 4 is 17.5 Å². The van der Waals surface area contributed by atoms with Crippen molar-refractivity contribution in [2.45, 2.75) is 13.0 Å². The summed E-state index contributed by atoms with van der Waals surface area (Å²) >= 11 is 0. The van der Waals surface area contributed by atoms with Gasteiger partial charge in [0.25, 0.3) is 0 Å². The van der Waals surface area contributed by atoms with Crippen LogP contribution < -0.4 is 15.4 Å². The molecule has 126 valence electrons. The van der Waals surface area contributed by atoms with Gasteiger partial charge in [-0.25, -0.2) is 8.78 Å². The Kier molecular flexibility index (Phi) is 5.83. The molecule has 0 heterocycles. The van der Waals surface area contributed by atoms with Gasteiger partial charge >= 0.3 is 0 Å². The molecule has 2 rings (SSSR count). The lowest BCUT2D eigenvalue weighted by Gasteiger charge is -2.10. The van der Waals surface area contributed by atoms with Crippen molar-refractivity contribution in [3.8, 4) is 5.75 Å². The minimum Gasteiger partial charge on any atom is -0.496 e. The van der Waals surface area contributed by atoms with Crippen LogP contribution in [0.1, 0.15) is 12.0 Å². The number of anilines is 1. The van der Waals surface area contributed by atoms with Gasteiger partial charge in [-0.05, 0) is 18.2 Å². The predicted molar refractivity (Wildman–Crippen MR) is 84.4 cm³/mol. The Morgan fingerprint density at radius 3 is 2.54 bits per heavy atom. The minimum absolute atomic E-state index is 0.182. The highest BCUT2D eigenvalue weighted by atomic mass is 19.1. The maximum atomic E-state index is 13.4. The monoisotopic (exact) mass is 334 g/mol. The van der Waals surface area contributed by atoms with Crippen LogP contribution in [0.2, 0.25) is 0 Å². The van der Waals surface area contributed by atoms with E-state index < -0.39 is 29.9 Å². The van der Waals surface area contributed by atoms with E-state index in [1.807, 2.05) is 0 Å². The molecule has 0 bridgehead atoms. The fourth-order valence-electron chi connectivity index (χ4n) is 2.04. The van der Waals surface area contributed by atoms with Gasteiger partial charge in [-0.3, -0.25) is 9.59 Å². The van der Waals surface area contributed by atoms with Gasteiger partial charge in [0.15, 0.2) is 0 Å². The molecule has 0 aromatic heterocycles. The molecule has 7 heteroatoms. The van der Waals surface area contributed by atoms with E-state index in [1.54, 1.807) is 24.3 Å². The second kappa shape index (κ2) is 8.05. The number of rotatable bonds is 6. The topological polar surface area (TPSA) is 67.4 Å². The van der Waals surface area contributed by atoms with Crippen LogP contribution in [0, 0.1) is 11.6 Å². The number of hydrogen-bond donors (Lipinski definition) is 2. The zero-order valence-electron chi connectivity index (χ0n) is 12.9. The van der Waals surface area contributed by atoms with E-state index in [9.17, 15) is 18.4 Å². The van der Waals surface area contributed by atoms with E-state index in [1.165, 1.54) is 7.11 Å². The molecule has 2 amide bonds. The van der Waals surface area contributed by atoms with E-state index in [0.717, 1.165) is 17.7 Å². The Hall–Kier alpha value is -2.96. The first-order chi connectivity index (χ1) is 11.5. The highest BCUT2D eigenvalue weighted by molar-refractivity contribution is 6.03. The van der Waals surface area contributed by atoms with Crippen molar-refractivity contribution in [1.82, 2.24) is 5.32 Å². The molecule has 0 saturated carbocycles. The molecule has 0 aliphatic rings. The first-order valence-corrected chi connectivity index (χ1v) is 7.13. The minimum atomic E-state index is -0.905. The molecule has 0 atom stereocenters. The van der Waals surface area contributed by atoms with Crippen LogP contribution in [0.4, 0.5) is 14.5 Å². The number of hydrogen-bond acceptors (Lipinski definition) is 3. The third kappa shape index (κ3) is 4.77. The SMILES string of the molecule is COc1ccccc1CNC(=O)CC(=O)Nc1ccc(F)cc1F. The predicted octanol–water partition coefficient (Wildman–Crippen LogP) is 2.62. The summed E-state index contributed by atoms with van der Waals surface area (Å²) in [6.45, 7) is 0.195. The van der Waals surface area contributed by atoms with Crippen molar-refractivity contribution in [2.24, 2.45) is 0 Å². The fraction of sp³-hybridized carbons (Fsp3) is 0.176. The van der Waals surface area contributed by atoms with Crippen LogP contribution >= 0.6 is 0 Å². The maximum Gasteiger partial charge on any atom is 0.233 e. The zero-order chi connectivity index (χ0) is 17.5. The van der Waals surface area contributed by atoms with Crippen molar-refractivity contribution < 1.29 is 23.1 Å². The largest absolute Gasteiger partial charge is 0.496 e. The lowest BCUT2D eigenvalue weighted by molar-refractivity contribution is -0.126. The summed E-state index contributed by atoms with van der Waals surface area (Å²) in [5, 5.41) is 4.80. The summed E-state index contributed by atoms with van der Waals surface area (Å²) in [6.07, 6.45) is -0.480. The van der Waals surface area contributed by atoms with Gasteiger partial charge in [-0.1, -0.05) is 18.2 Å². The lowest BCUT2D eigenvalue weighted by atomic mass is 10.2. The lowest BCUT2D eigenvalue weighted by Crippen LogP contribution is -2.28. The van der Waals surface area contributed by atoms with Crippen LogP contribution in [0.15, 0.2) is 42.5 Å². The highest BCUT2D eigenvalue weighted by Gasteiger charge is 2.13. The van der Waals surface area contributed by atoms with Crippen LogP contribution in [0.5, 0.6) is 5.75 Å². The summed E-state index contributed by atoms with van der Waals surface area (Å²) < 4.78 is 31.4. The second-order valence-corrected chi connectivity index (χ2v) is 4.94. The van der Waals surface area contributed by atoms with E-state index >= 15 is 0 Å². The summed E-state index contributed by atoms with van der Waals surface area (Å²) in [5.74, 6) is -2.26. The molecule has 0 fully saturated rings. The number of carbonyl (C=O) groups excluding carboxylic acids is 2. The first-order valence-electron chi connectivity index (χ1n) is 7.13. The number of para-hydroxylation sites is 1. The molecule has 5 nitrogen and oxygen atoms in total. The molecule has 0 aliphatic carbocycles. The van der Waals surface area contributed by atoms with Crippen LogP contribution in [-0.4, -0.2) is 18.9 Å². The number of methoxy groups -OCH3 is 1. The standard InChI is InChI=1S/C17H16F2N2O3/c1-24-15-5-3-2-4-11(15)10-20-16(22)9-17(23)21-14-7-6-12(18)8-13(14)19/h2-8H,9-10H2,1H3,(H,20,22)(H,21,23). The quantitative estimate of drug-likeness (QED) is 0.798. The molecule has 2 aromatic carbocycles.